The zero-order valence-electron chi connectivity index (χ0n) is 10.9. The molecule has 15 heavy (non-hydrogen) atoms. The van der Waals surface area contributed by atoms with Crippen LogP contribution in [0.15, 0.2) is 12.2 Å². The van der Waals surface area contributed by atoms with Crippen molar-refractivity contribution in [1.29, 1.82) is 0 Å². The third kappa shape index (κ3) is 3.36. The zero-order valence-corrected chi connectivity index (χ0v) is 10.9. The molecule has 0 bridgehead atoms. The van der Waals surface area contributed by atoms with E-state index in [9.17, 15) is 0 Å². The highest BCUT2D eigenvalue weighted by Crippen LogP contribution is 2.41. The van der Waals surface area contributed by atoms with Crippen LogP contribution in [0.2, 0.25) is 0 Å². The molecule has 0 aromatic carbocycles. The fourth-order valence-electron chi connectivity index (χ4n) is 3.16. The lowest BCUT2D eigenvalue weighted by atomic mass is 9.66. The largest absolute Gasteiger partial charge is 0.0914 e. The van der Waals surface area contributed by atoms with Crippen molar-refractivity contribution in [2.24, 2.45) is 29.6 Å². The minimum Gasteiger partial charge on any atom is -0.0914 e. The van der Waals surface area contributed by atoms with Crippen molar-refractivity contribution < 1.29 is 0 Å². The van der Waals surface area contributed by atoms with Crippen molar-refractivity contribution in [3.8, 4) is 0 Å². The molecule has 0 heteroatoms. The molecular formula is C15H27. The summed E-state index contributed by atoms with van der Waals surface area (Å²) in [5.41, 5.74) is 0. The molecule has 0 spiro atoms. The van der Waals surface area contributed by atoms with Gasteiger partial charge in [-0.05, 0) is 56.3 Å². The maximum Gasteiger partial charge on any atom is -0.0202 e. The van der Waals surface area contributed by atoms with Gasteiger partial charge in [0.2, 0.25) is 0 Å². The van der Waals surface area contributed by atoms with Crippen LogP contribution in [0.4, 0.5) is 0 Å². The Labute approximate surface area is 96.2 Å². The van der Waals surface area contributed by atoms with Crippen molar-refractivity contribution in [3.05, 3.63) is 19.1 Å². The SMILES string of the molecule is [CH2]C(/C=C/C)C1CC(C)CCC1C(C)C. The summed E-state index contributed by atoms with van der Waals surface area (Å²) in [6.07, 6.45) is 8.66. The van der Waals surface area contributed by atoms with E-state index < -0.39 is 0 Å². The number of hydrogen-bond donors (Lipinski definition) is 0. The average molecular weight is 207 g/mol. The zero-order chi connectivity index (χ0) is 11.4. The molecule has 1 saturated carbocycles. The van der Waals surface area contributed by atoms with Crippen molar-refractivity contribution in [1.82, 2.24) is 0 Å². The molecule has 1 fully saturated rings. The molecule has 87 valence electrons. The molecule has 0 aromatic rings. The van der Waals surface area contributed by atoms with Crippen LogP contribution in [0.25, 0.3) is 0 Å². The van der Waals surface area contributed by atoms with E-state index in [-0.39, 0.29) is 0 Å². The van der Waals surface area contributed by atoms with Crippen molar-refractivity contribution >= 4 is 0 Å². The second-order valence-corrected chi connectivity index (χ2v) is 5.68. The summed E-state index contributed by atoms with van der Waals surface area (Å²) in [4.78, 5) is 0. The molecule has 1 aliphatic carbocycles. The van der Waals surface area contributed by atoms with Crippen LogP contribution >= 0.6 is 0 Å². The van der Waals surface area contributed by atoms with Gasteiger partial charge in [0.15, 0.2) is 0 Å². The molecule has 0 saturated heterocycles. The van der Waals surface area contributed by atoms with Crippen LogP contribution in [0, 0.1) is 36.5 Å². The van der Waals surface area contributed by atoms with Crippen LogP contribution < -0.4 is 0 Å². The first-order valence-electron chi connectivity index (χ1n) is 6.52. The Bertz CT molecular complexity index is 202. The van der Waals surface area contributed by atoms with Crippen molar-refractivity contribution in [2.45, 2.75) is 47.0 Å². The van der Waals surface area contributed by atoms with Crippen molar-refractivity contribution in [2.75, 3.05) is 0 Å². The van der Waals surface area contributed by atoms with Gasteiger partial charge in [0, 0.05) is 0 Å². The highest BCUT2D eigenvalue weighted by atomic mass is 14.4. The van der Waals surface area contributed by atoms with Crippen molar-refractivity contribution in [3.63, 3.8) is 0 Å². The molecule has 1 radical (unpaired) electrons. The van der Waals surface area contributed by atoms with Gasteiger partial charge < -0.3 is 0 Å². The van der Waals surface area contributed by atoms with Gasteiger partial charge in [-0.2, -0.15) is 0 Å². The second kappa shape index (κ2) is 5.72. The fraction of sp³-hybridized carbons (Fsp3) is 0.800. The minimum absolute atomic E-state index is 0.519. The summed E-state index contributed by atoms with van der Waals surface area (Å²) >= 11 is 0. The number of allylic oxidation sites excluding steroid dienone is 2. The molecule has 0 amide bonds. The normalized spacial score (nSPS) is 34.9. The van der Waals surface area contributed by atoms with E-state index in [1.165, 1.54) is 19.3 Å². The molecular weight excluding hydrogens is 180 g/mol. The Balaban J connectivity index is 2.69. The van der Waals surface area contributed by atoms with Gasteiger partial charge in [0.25, 0.3) is 0 Å². The Morgan fingerprint density at radius 2 is 1.87 bits per heavy atom. The highest BCUT2D eigenvalue weighted by Gasteiger charge is 2.32. The monoisotopic (exact) mass is 207 g/mol. The summed E-state index contributed by atoms with van der Waals surface area (Å²) in [7, 11) is 0. The summed E-state index contributed by atoms with van der Waals surface area (Å²) in [6.45, 7) is 13.6. The fourth-order valence-corrected chi connectivity index (χ4v) is 3.16. The van der Waals surface area contributed by atoms with Crippen LogP contribution in [-0.2, 0) is 0 Å². The second-order valence-electron chi connectivity index (χ2n) is 5.68. The molecule has 0 nitrogen and oxygen atoms in total. The summed E-state index contributed by atoms with van der Waals surface area (Å²) in [6, 6.07) is 0. The summed E-state index contributed by atoms with van der Waals surface area (Å²) in [5.74, 6) is 3.94. The van der Waals surface area contributed by atoms with E-state index in [1.807, 2.05) is 0 Å². The Hall–Kier alpha value is -0.260. The first-order chi connectivity index (χ1) is 7.06. The lowest BCUT2D eigenvalue weighted by Gasteiger charge is -2.40. The summed E-state index contributed by atoms with van der Waals surface area (Å²) < 4.78 is 0. The summed E-state index contributed by atoms with van der Waals surface area (Å²) in [5, 5.41) is 0. The molecule has 0 N–H and O–H groups in total. The van der Waals surface area contributed by atoms with Gasteiger partial charge in [-0.3, -0.25) is 0 Å². The lowest BCUT2D eigenvalue weighted by Crippen LogP contribution is -2.31. The van der Waals surface area contributed by atoms with Gasteiger partial charge in [0.1, 0.15) is 0 Å². The highest BCUT2D eigenvalue weighted by molar-refractivity contribution is 4.96. The van der Waals surface area contributed by atoms with Gasteiger partial charge in [-0.15, -0.1) is 0 Å². The van der Waals surface area contributed by atoms with Crippen LogP contribution in [0.5, 0.6) is 0 Å². The van der Waals surface area contributed by atoms with E-state index in [1.54, 1.807) is 0 Å². The maximum absolute atomic E-state index is 4.33. The Morgan fingerprint density at radius 3 is 2.40 bits per heavy atom. The predicted molar refractivity (Wildman–Crippen MR) is 68.5 cm³/mol. The van der Waals surface area contributed by atoms with Gasteiger partial charge >= 0.3 is 0 Å². The Morgan fingerprint density at radius 1 is 1.20 bits per heavy atom. The molecule has 0 aromatic heterocycles. The average Bonchev–Trinajstić information content (AvgIpc) is 2.17. The smallest absolute Gasteiger partial charge is 0.0202 e. The molecule has 0 heterocycles. The van der Waals surface area contributed by atoms with Crippen LogP contribution in [0.1, 0.15) is 47.0 Å². The minimum atomic E-state index is 0.519. The molecule has 4 unspecified atom stereocenters. The van der Waals surface area contributed by atoms with E-state index in [2.05, 4.69) is 46.8 Å². The Kier molecular flexibility index (Phi) is 4.89. The van der Waals surface area contributed by atoms with Crippen LogP contribution in [-0.4, -0.2) is 0 Å². The molecule has 1 aliphatic rings. The predicted octanol–water partition coefficient (Wildman–Crippen LogP) is 4.72. The first kappa shape index (κ1) is 12.8. The van der Waals surface area contributed by atoms with Gasteiger partial charge in [-0.25, -0.2) is 0 Å². The number of hydrogen-bond acceptors (Lipinski definition) is 0. The van der Waals surface area contributed by atoms with E-state index >= 15 is 0 Å². The van der Waals surface area contributed by atoms with E-state index in [4.69, 9.17) is 0 Å². The molecule has 1 rings (SSSR count). The van der Waals surface area contributed by atoms with Gasteiger partial charge in [-0.1, -0.05) is 39.3 Å². The topological polar surface area (TPSA) is 0 Å². The first-order valence-corrected chi connectivity index (χ1v) is 6.52. The lowest BCUT2D eigenvalue weighted by molar-refractivity contribution is 0.123. The quantitative estimate of drug-likeness (QED) is 0.587. The maximum atomic E-state index is 4.33. The number of rotatable bonds is 3. The third-order valence-electron chi connectivity index (χ3n) is 4.06. The molecule has 0 aliphatic heterocycles. The standard InChI is InChI=1S/C15H27/c1-6-7-13(5)15-10-12(4)8-9-14(15)11(2)3/h6-7,11-15H,5,8-10H2,1-4H3/b7-6+. The van der Waals surface area contributed by atoms with E-state index in [0.717, 1.165) is 23.7 Å². The van der Waals surface area contributed by atoms with Crippen LogP contribution in [0.3, 0.4) is 0 Å². The van der Waals surface area contributed by atoms with Gasteiger partial charge in [0.05, 0.1) is 0 Å². The molecule has 4 atom stereocenters. The third-order valence-corrected chi connectivity index (χ3v) is 4.06. The van der Waals surface area contributed by atoms with E-state index in [0.29, 0.717) is 5.92 Å².